The van der Waals surface area contributed by atoms with Gasteiger partial charge in [-0.1, -0.05) is 12.5 Å². The summed E-state index contributed by atoms with van der Waals surface area (Å²) in [4.78, 5) is 17.9. The standard InChI is InChI=1S/C20H26BrN3O2/c1-26-17-9-5-6-14(10-17)13-23-18-11-15(21)12-22-19(18)24(20(23)25)16-7-3-2-4-8-16/h7,11-12,14,17H,2-6,8-10,13H2,1H3/t14-,17+/m0/s1. The molecule has 0 spiro atoms. The molecule has 2 aliphatic rings. The summed E-state index contributed by atoms with van der Waals surface area (Å²) in [5.41, 5.74) is 2.87. The van der Waals surface area contributed by atoms with E-state index in [0.717, 1.165) is 66.4 Å². The number of rotatable bonds is 4. The quantitative estimate of drug-likeness (QED) is 0.728. The Kier molecular flexibility index (Phi) is 5.32. The summed E-state index contributed by atoms with van der Waals surface area (Å²) in [7, 11) is 1.79. The number of allylic oxidation sites excluding steroid dienone is 2. The van der Waals surface area contributed by atoms with E-state index in [2.05, 4.69) is 27.0 Å². The smallest absolute Gasteiger partial charge is 0.334 e. The number of hydrogen-bond donors (Lipinski definition) is 0. The van der Waals surface area contributed by atoms with Crippen LogP contribution in [0.15, 0.2) is 27.6 Å². The zero-order chi connectivity index (χ0) is 18.1. The first kappa shape index (κ1) is 18.0. The summed E-state index contributed by atoms with van der Waals surface area (Å²) >= 11 is 3.52. The number of aromatic nitrogens is 3. The van der Waals surface area contributed by atoms with Gasteiger partial charge in [-0.05, 0) is 72.9 Å². The van der Waals surface area contributed by atoms with Crippen molar-refractivity contribution in [3.8, 4) is 0 Å². The molecule has 0 saturated heterocycles. The zero-order valence-corrected chi connectivity index (χ0v) is 16.9. The van der Waals surface area contributed by atoms with Crippen LogP contribution in [0.3, 0.4) is 0 Å². The summed E-state index contributed by atoms with van der Waals surface area (Å²) in [5, 5.41) is 0. The molecule has 0 amide bonds. The first-order valence-electron chi connectivity index (χ1n) is 9.66. The van der Waals surface area contributed by atoms with E-state index < -0.39 is 0 Å². The molecule has 2 atom stereocenters. The maximum absolute atomic E-state index is 13.3. The van der Waals surface area contributed by atoms with Crippen LogP contribution in [0.25, 0.3) is 16.9 Å². The first-order valence-corrected chi connectivity index (χ1v) is 10.5. The predicted octanol–water partition coefficient (Wildman–Crippen LogP) is 4.58. The third-order valence-electron chi connectivity index (χ3n) is 5.80. The van der Waals surface area contributed by atoms with Gasteiger partial charge in [-0.25, -0.2) is 14.3 Å². The van der Waals surface area contributed by atoms with E-state index >= 15 is 0 Å². The molecule has 2 heterocycles. The summed E-state index contributed by atoms with van der Waals surface area (Å²) < 4.78 is 10.3. The molecule has 2 aromatic rings. The summed E-state index contributed by atoms with van der Waals surface area (Å²) in [6.07, 6.45) is 13.1. The van der Waals surface area contributed by atoms with Gasteiger partial charge in [0.25, 0.3) is 0 Å². The average Bonchev–Trinajstić information content (AvgIpc) is 2.94. The highest BCUT2D eigenvalue weighted by Crippen LogP contribution is 2.29. The second-order valence-electron chi connectivity index (χ2n) is 7.56. The molecule has 0 radical (unpaired) electrons. The third kappa shape index (κ3) is 3.41. The van der Waals surface area contributed by atoms with Gasteiger partial charge in [-0.3, -0.25) is 4.57 Å². The normalized spacial score (nSPS) is 24.0. The lowest BCUT2D eigenvalue weighted by Crippen LogP contribution is -2.30. The van der Waals surface area contributed by atoms with E-state index in [-0.39, 0.29) is 5.69 Å². The molecule has 26 heavy (non-hydrogen) atoms. The lowest BCUT2D eigenvalue weighted by molar-refractivity contribution is 0.0472. The monoisotopic (exact) mass is 419 g/mol. The van der Waals surface area contributed by atoms with Crippen LogP contribution in [0, 0.1) is 5.92 Å². The van der Waals surface area contributed by atoms with Crippen LogP contribution in [0.1, 0.15) is 51.4 Å². The Morgan fingerprint density at radius 1 is 1.31 bits per heavy atom. The molecule has 2 aromatic heterocycles. The molecule has 140 valence electrons. The van der Waals surface area contributed by atoms with Crippen LogP contribution < -0.4 is 5.69 Å². The van der Waals surface area contributed by atoms with Gasteiger partial charge in [-0.15, -0.1) is 0 Å². The van der Waals surface area contributed by atoms with Crippen molar-refractivity contribution in [1.82, 2.24) is 14.1 Å². The Bertz CT molecular complexity index is 883. The fourth-order valence-corrected chi connectivity index (χ4v) is 4.77. The Balaban J connectivity index is 1.76. The molecular formula is C20H26BrN3O2. The van der Waals surface area contributed by atoms with Gasteiger partial charge in [0, 0.05) is 30.0 Å². The van der Waals surface area contributed by atoms with Crippen molar-refractivity contribution in [2.45, 2.75) is 64.0 Å². The van der Waals surface area contributed by atoms with Gasteiger partial charge in [0.2, 0.25) is 0 Å². The van der Waals surface area contributed by atoms with E-state index in [1.165, 1.54) is 12.8 Å². The van der Waals surface area contributed by atoms with Crippen molar-refractivity contribution in [1.29, 1.82) is 0 Å². The Morgan fingerprint density at radius 3 is 2.96 bits per heavy atom. The highest BCUT2D eigenvalue weighted by atomic mass is 79.9. The lowest BCUT2D eigenvalue weighted by Gasteiger charge is -2.28. The van der Waals surface area contributed by atoms with E-state index in [1.54, 1.807) is 13.3 Å². The fraction of sp³-hybridized carbons (Fsp3) is 0.600. The van der Waals surface area contributed by atoms with E-state index in [4.69, 9.17) is 4.74 Å². The Labute approximate surface area is 162 Å². The molecule has 0 aliphatic heterocycles. The van der Waals surface area contributed by atoms with Gasteiger partial charge in [-0.2, -0.15) is 0 Å². The number of pyridine rings is 1. The minimum Gasteiger partial charge on any atom is -0.381 e. The number of fused-ring (bicyclic) bond motifs is 1. The van der Waals surface area contributed by atoms with Gasteiger partial charge in [0.1, 0.15) is 0 Å². The van der Waals surface area contributed by atoms with Gasteiger partial charge in [0.15, 0.2) is 5.65 Å². The molecule has 1 saturated carbocycles. The number of methoxy groups -OCH3 is 1. The summed E-state index contributed by atoms with van der Waals surface area (Å²) in [6, 6.07) is 2.03. The molecule has 2 aliphatic carbocycles. The molecule has 6 heteroatoms. The van der Waals surface area contributed by atoms with Crippen molar-refractivity contribution in [3.05, 3.63) is 33.3 Å². The fourth-order valence-electron chi connectivity index (χ4n) is 4.45. The summed E-state index contributed by atoms with van der Waals surface area (Å²) in [6.45, 7) is 0.744. The second kappa shape index (κ2) is 7.69. The van der Waals surface area contributed by atoms with Gasteiger partial charge in [0.05, 0.1) is 11.6 Å². The predicted molar refractivity (Wildman–Crippen MR) is 107 cm³/mol. The number of halogens is 1. The van der Waals surface area contributed by atoms with Crippen LogP contribution in [-0.2, 0) is 11.3 Å². The number of imidazole rings is 1. The van der Waals surface area contributed by atoms with Gasteiger partial charge >= 0.3 is 5.69 Å². The SMILES string of the molecule is CO[C@@H]1CCC[C@H](Cn2c(=O)n(C3=CCCCC3)c3ncc(Br)cc32)C1. The van der Waals surface area contributed by atoms with Crippen molar-refractivity contribution in [3.63, 3.8) is 0 Å². The molecule has 0 bridgehead atoms. The maximum atomic E-state index is 13.3. The zero-order valence-electron chi connectivity index (χ0n) is 15.3. The van der Waals surface area contributed by atoms with Crippen LogP contribution in [-0.4, -0.2) is 27.3 Å². The molecule has 0 aromatic carbocycles. The third-order valence-corrected chi connectivity index (χ3v) is 6.24. The van der Waals surface area contributed by atoms with Gasteiger partial charge < -0.3 is 4.74 Å². The lowest BCUT2D eigenvalue weighted by atomic mass is 9.87. The molecule has 4 rings (SSSR count). The van der Waals surface area contributed by atoms with E-state index in [9.17, 15) is 4.79 Å². The van der Waals surface area contributed by atoms with Crippen molar-refractivity contribution in [2.75, 3.05) is 7.11 Å². The first-order chi connectivity index (χ1) is 12.7. The van der Waals surface area contributed by atoms with Crippen molar-refractivity contribution < 1.29 is 4.74 Å². The van der Waals surface area contributed by atoms with Crippen LogP contribution >= 0.6 is 15.9 Å². The maximum Gasteiger partial charge on any atom is 0.334 e. The topological polar surface area (TPSA) is 49.0 Å². The highest BCUT2D eigenvalue weighted by molar-refractivity contribution is 9.10. The average molecular weight is 420 g/mol. The van der Waals surface area contributed by atoms with E-state index in [0.29, 0.717) is 12.0 Å². The second-order valence-corrected chi connectivity index (χ2v) is 8.47. The van der Waals surface area contributed by atoms with Crippen molar-refractivity contribution in [2.24, 2.45) is 5.92 Å². The van der Waals surface area contributed by atoms with Crippen LogP contribution in [0.4, 0.5) is 0 Å². The molecule has 1 fully saturated rings. The Morgan fingerprint density at radius 2 is 2.19 bits per heavy atom. The number of hydrogen-bond acceptors (Lipinski definition) is 3. The highest BCUT2D eigenvalue weighted by Gasteiger charge is 2.25. The molecule has 5 nitrogen and oxygen atoms in total. The van der Waals surface area contributed by atoms with Crippen LogP contribution in [0.5, 0.6) is 0 Å². The molecule has 0 unspecified atom stereocenters. The largest absolute Gasteiger partial charge is 0.381 e. The summed E-state index contributed by atoms with van der Waals surface area (Å²) in [5.74, 6) is 0.477. The van der Waals surface area contributed by atoms with Crippen molar-refractivity contribution >= 4 is 32.8 Å². The Hall–Kier alpha value is -1.40. The van der Waals surface area contributed by atoms with E-state index in [1.807, 2.05) is 15.2 Å². The minimum atomic E-state index is 0.0540. The molecule has 0 N–H and O–H groups in total. The molecular weight excluding hydrogens is 394 g/mol. The number of nitrogens with zero attached hydrogens (tertiary/aromatic N) is 3. The van der Waals surface area contributed by atoms with Crippen LogP contribution in [0.2, 0.25) is 0 Å². The number of ether oxygens (including phenoxy) is 1. The minimum absolute atomic E-state index is 0.0540.